The minimum atomic E-state index is -1.07. The fourth-order valence-corrected chi connectivity index (χ4v) is 1.31. The maximum atomic E-state index is 12.9. The van der Waals surface area contributed by atoms with E-state index in [1.165, 1.54) is 26.4 Å². The van der Waals surface area contributed by atoms with Gasteiger partial charge >= 0.3 is 5.97 Å². The van der Waals surface area contributed by atoms with Crippen LogP contribution >= 0.6 is 0 Å². The molecule has 0 aliphatic heterocycles. The quantitative estimate of drug-likeness (QED) is 0.792. The summed E-state index contributed by atoms with van der Waals surface area (Å²) in [6.45, 7) is 0. The Hall–Kier alpha value is -1.62. The first kappa shape index (κ1) is 12.4. The summed E-state index contributed by atoms with van der Waals surface area (Å²) in [5, 5.41) is 9.72. The summed E-state index contributed by atoms with van der Waals surface area (Å²) in [5.74, 6) is -0.804. The fraction of sp³-hybridized carbons (Fsp3) is 0.364. The maximum absolute atomic E-state index is 12.9. The number of aliphatic hydroxyl groups excluding tert-OH is 1. The van der Waals surface area contributed by atoms with Crippen molar-refractivity contribution in [1.82, 2.24) is 0 Å². The van der Waals surface area contributed by atoms with Crippen molar-refractivity contribution >= 4 is 5.97 Å². The van der Waals surface area contributed by atoms with Crippen LogP contribution in [0.3, 0.4) is 0 Å². The highest BCUT2D eigenvalue weighted by molar-refractivity contribution is 5.70. The van der Waals surface area contributed by atoms with Crippen LogP contribution in [-0.2, 0) is 9.53 Å². The number of carbonyl (C=O) groups is 1. The van der Waals surface area contributed by atoms with Crippen LogP contribution in [0.2, 0.25) is 0 Å². The zero-order chi connectivity index (χ0) is 12.1. The van der Waals surface area contributed by atoms with Crippen LogP contribution in [0.1, 0.15) is 18.1 Å². The lowest BCUT2D eigenvalue weighted by Crippen LogP contribution is -2.09. The Kier molecular flexibility index (Phi) is 4.25. The Bertz CT molecular complexity index is 378. The van der Waals surface area contributed by atoms with Crippen molar-refractivity contribution in [3.63, 3.8) is 0 Å². The molecule has 0 aliphatic carbocycles. The first-order chi connectivity index (χ1) is 7.58. The minimum absolute atomic E-state index is 0.196. The van der Waals surface area contributed by atoms with Crippen LogP contribution in [-0.4, -0.2) is 25.3 Å². The van der Waals surface area contributed by atoms with E-state index in [0.717, 1.165) is 6.07 Å². The SMILES string of the molecule is COC(=O)C[C@@H](O)c1ccc(F)cc1OC. The number of methoxy groups -OCH3 is 2. The third kappa shape index (κ3) is 2.93. The molecule has 1 aromatic carbocycles. The molecule has 88 valence electrons. The van der Waals surface area contributed by atoms with Crippen molar-refractivity contribution in [2.75, 3.05) is 14.2 Å². The van der Waals surface area contributed by atoms with Crippen molar-refractivity contribution in [3.8, 4) is 5.75 Å². The van der Waals surface area contributed by atoms with Crippen LogP contribution in [0.25, 0.3) is 0 Å². The summed E-state index contributed by atoms with van der Waals surface area (Å²) in [5.41, 5.74) is 0.356. The van der Waals surface area contributed by atoms with Crippen molar-refractivity contribution in [3.05, 3.63) is 29.6 Å². The lowest BCUT2D eigenvalue weighted by atomic mass is 10.1. The molecule has 1 rings (SSSR count). The molecule has 0 radical (unpaired) electrons. The Morgan fingerprint density at radius 2 is 2.19 bits per heavy atom. The maximum Gasteiger partial charge on any atom is 0.308 e. The average Bonchev–Trinajstić information content (AvgIpc) is 2.28. The second-order valence-electron chi connectivity index (χ2n) is 3.18. The molecule has 0 saturated carbocycles. The molecule has 0 fully saturated rings. The monoisotopic (exact) mass is 228 g/mol. The van der Waals surface area contributed by atoms with Crippen molar-refractivity contribution in [2.24, 2.45) is 0 Å². The van der Waals surface area contributed by atoms with E-state index in [4.69, 9.17) is 4.74 Å². The fourth-order valence-electron chi connectivity index (χ4n) is 1.31. The predicted octanol–water partition coefficient (Wildman–Crippen LogP) is 1.43. The van der Waals surface area contributed by atoms with Gasteiger partial charge in [-0.3, -0.25) is 4.79 Å². The highest BCUT2D eigenvalue weighted by Gasteiger charge is 2.17. The van der Waals surface area contributed by atoms with Gasteiger partial charge in [-0.05, 0) is 12.1 Å². The van der Waals surface area contributed by atoms with Gasteiger partial charge in [0.25, 0.3) is 0 Å². The Morgan fingerprint density at radius 1 is 1.50 bits per heavy atom. The van der Waals surface area contributed by atoms with E-state index in [1.807, 2.05) is 0 Å². The van der Waals surface area contributed by atoms with Gasteiger partial charge in [0.15, 0.2) is 0 Å². The summed E-state index contributed by atoms with van der Waals surface area (Å²) in [6, 6.07) is 3.72. The van der Waals surface area contributed by atoms with E-state index in [1.54, 1.807) is 0 Å². The third-order valence-corrected chi connectivity index (χ3v) is 2.14. The zero-order valence-corrected chi connectivity index (χ0v) is 9.07. The molecule has 1 N–H and O–H groups in total. The van der Waals surface area contributed by atoms with Crippen molar-refractivity contribution in [2.45, 2.75) is 12.5 Å². The number of rotatable bonds is 4. The number of aliphatic hydroxyl groups is 1. The number of hydrogen-bond acceptors (Lipinski definition) is 4. The van der Waals surface area contributed by atoms with Crippen molar-refractivity contribution < 1.29 is 23.8 Å². The predicted molar refractivity (Wildman–Crippen MR) is 54.5 cm³/mol. The smallest absolute Gasteiger partial charge is 0.308 e. The van der Waals surface area contributed by atoms with Gasteiger partial charge in [0.05, 0.1) is 26.7 Å². The normalized spacial score (nSPS) is 12.0. The van der Waals surface area contributed by atoms with Gasteiger partial charge in [0.2, 0.25) is 0 Å². The molecule has 4 nitrogen and oxygen atoms in total. The van der Waals surface area contributed by atoms with E-state index >= 15 is 0 Å². The summed E-state index contributed by atoms with van der Waals surface area (Å²) in [7, 11) is 2.60. The van der Waals surface area contributed by atoms with Gasteiger partial charge in [0, 0.05) is 11.6 Å². The van der Waals surface area contributed by atoms with Gasteiger partial charge in [0.1, 0.15) is 11.6 Å². The lowest BCUT2D eigenvalue weighted by Gasteiger charge is -2.13. The summed E-state index contributed by atoms with van der Waals surface area (Å²) >= 11 is 0. The van der Waals surface area contributed by atoms with Crippen LogP contribution in [0.5, 0.6) is 5.75 Å². The Balaban J connectivity index is 2.90. The highest BCUT2D eigenvalue weighted by Crippen LogP contribution is 2.28. The molecule has 0 amide bonds. The van der Waals surface area contributed by atoms with Crippen LogP contribution in [0.15, 0.2) is 18.2 Å². The summed E-state index contributed by atoms with van der Waals surface area (Å²) in [4.78, 5) is 11.0. The number of ether oxygens (including phenoxy) is 2. The third-order valence-electron chi connectivity index (χ3n) is 2.14. The molecule has 16 heavy (non-hydrogen) atoms. The second kappa shape index (κ2) is 5.46. The number of carbonyl (C=O) groups excluding carboxylic acids is 1. The van der Waals surface area contributed by atoms with E-state index in [9.17, 15) is 14.3 Å². The molecule has 0 heterocycles. The topological polar surface area (TPSA) is 55.8 Å². The van der Waals surface area contributed by atoms with Gasteiger partial charge in [-0.2, -0.15) is 0 Å². The molecule has 0 aliphatic rings. The Morgan fingerprint density at radius 3 is 2.75 bits per heavy atom. The molecule has 0 bridgehead atoms. The standard InChI is InChI=1S/C11H13FO4/c1-15-10-5-7(12)3-4-8(10)9(13)6-11(14)16-2/h3-5,9,13H,6H2,1-2H3/t9-/m1/s1. The summed E-state index contributed by atoms with van der Waals surface area (Å²) in [6.07, 6.45) is -1.26. The second-order valence-corrected chi connectivity index (χ2v) is 3.18. The first-order valence-electron chi connectivity index (χ1n) is 4.66. The van der Waals surface area contributed by atoms with Crippen LogP contribution < -0.4 is 4.74 Å². The van der Waals surface area contributed by atoms with Crippen LogP contribution in [0, 0.1) is 5.82 Å². The molecule has 0 saturated heterocycles. The molecule has 0 aromatic heterocycles. The van der Waals surface area contributed by atoms with Gasteiger partial charge in [-0.15, -0.1) is 0 Å². The van der Waals surface area contributed by atoms with Crippen LogP contribution in [0.4, 0.5) is 4.39 Å². The molecular weight excluding hydrogens is 215 g/mol. The molecule has 5 heteroatoms. The highest BCUT2D eigenvalue weighted by atomic mass is 19.1. The number of benzene rings is 1. The van der Waals surface area contributed by atoms with Crippen molar-refractivity contribution in [1.29, 1.82) is 0 Å². The molecule has 1 aromatic rings. The van der Waals surface area contributed by atoms with E-state index in [-0.39, 0.29) is 12.2 Å². The average molecular weight is 228 g/mol. The Labute approximate surface area is 92.6 Å². The van der Waals surface area contributed by atoms with Gasteiger partial charge in [-0.25, -0.2) is 4.39 Å². The van der Waals surface area contributed by atoms with Gasteiger partial charge in [-0.1, -0.05) is 0 Å². The van der Waals surface area contributed by atoms with E-state index in [2.05, 4.69) is 4.74 Å². The molecule has 1 atom stereocenters. The minimum Gasteiger partial charge on any atom is -0.496 e. The molecule has 0 spiro atoms. The van der Waals surface area contributed by atoms with E-state index in [0.29, 0.717) is 5.56 Å². The largest absolute Gasteiger partial charge is 0.496 e. The van der Waals surface area contributed by atoms with E-state index < -0.39 is 17.9 Å². The number of hydrogen-bond donors (Lipinski definition) is 1. The lowest BCUT2D eigenvalue weighted by molar-refractivity contribution is -0.142. The molecule has 0 unspecified atom stereocenters. The number of halogens is 1. The molecular formula is C11H13FO4. The number of esters is 1. The first-order valence-corrected chi connectivity index (χ1v) is 4.66. The zero-order valence-electron chi connectivity index (χ0n) is 9.07. The van der Waals surface area contributed by atoms with Gasteiger partial charge < -0.3 is 14.6 Å². The summed E-state index contributed by atoms with van der Waals surface area (Å²) < 4.78 is 22.2.